The predicted molar refractivity (Wildman–Crippen MR) is 32.2 cm³/mol. The minimum Gasteiger partial charge on any atom is -0.481 e. The number of aliphatic carboxylic acids is 1. The van der Waals surface area contributed by atoms with Gasteiger partial charge in [-0.15, -0.1) is 0 Å². The molecule has 0 heterocycles. The van der Waals surface area contributed by atoms with Crippen molar-refractivity contribution in [3.8, 4) is 0 Å². The lowest BCUT2D eigenvalue weighted by Gasteiger charge is -1.97. The van der Waals surface area contributed by atoms with Gasteiger partial charge in [-0.2, -0.15) is 0 Å². The Labute approximate surface area is 55.2 Å². The molecule has 5 nitrogen and oxygen atoms in total. The maximum absolute atomic E-state index is 10.0. The van der Waals surface area contributed by atoms with Crippen molar-refractivity contribution in [2.45, 2.75) is 6.42 Å². The molecule has 0 saturated heterocycles. The number of nitrogens with two attached hydrogens (primary N) is 1. The van der Waals surface area contributed by atoms with Crippen LogP contribution in [0.15, 0.2) is 0 Å². The highest BCUT2D eigenvalue weighted by Gasteiger charge is 1.94. The van der Waals surface area contributed by atoms with Crippen molar-refractivity contribution in [1.82, 2.24) is 5.32 Å². The first-order valence-electron chi connectivity index (χ1n) is 3.17. The molecule has 9 heavy (non-hydrogen) atoms. The standard InChI is InChI=1S/C4H9N3O2/c5-4(6)7-2-1-3(8)9/h1-2H2,(H,8,9)(H4,5,6,7)/i2D2. The average Bonchev–Trinajstić information content (AvgIpc) is 1.53. The van der Waals surface area contributed by atoms with E-state index >= 15 is 0 Å². The molecule has 0 aromatic carbocycles. The van der Waals surface area contributed by atoms with Crippen molar-refractivity contribution >= 4 is 11.9 Å². The van der Waals surface area contributed by atoms with Gasteiger partial charge in [0.2, 0.25) is 0 Å². The molecule has 0 aliphatic heterocycles. The van der Waals surface area contributed by atoms with Crippen LogP contribution in [0, 0.1) is 5.41 Å². The fraction of sp³-hybridized carbons (Fsp3) is 0.500. The number of hydrogen-bond acceptors (Lipinski definition) is 2. The molecule has 5 heteroatoms. The third kappa shape index (κ3) is 6.74. The zero-order chi connectivity index (χ0) is 9.07. The van der Waals surface area contributed by atoms with E-state index in [0.717, 1.165) is 0 Å². The summed E-state index contributed by atoms with van der Waals surface area (Å²) in [6.07, 6.45) is -0.730. The van der Waals surface area contributed by atoms with Crippen LogP contribution >= 0.6 is 0 Å². The molecule has 0 bridgehead atoms. The third-order valence-corrected chi connectivity index (χ3v) is 0.463. The number of nitrogens with one attached hydrogen (secondary N) is 2. The van der Waals surface area contributed by atoms with E-state index in [0.29, 0.717) is 0 Å². The second-order valence-electron chi connectivity index (χ2n) is 1.29. The molecular formula is C4H9N3O2. The molecule has 52 valence electrons. The summed E-state index contributed by atoms with van der Waals surface area (Å²) in [6, 6.07) is 0. The number of carbonyl (C=O) groups is 1. The Morgan fingerprint density at radius 3 is 2.89 bits per heavy atom. The maximum Gasteiger partial charge on any atom is 0.305 e. The number of guanidine groups is 1. The van der Waals surface area contributed by atoms with Crippen LogP contribution in [-0.2, 0) is 4.79 Å². The van der Waals surface area contributed by atoms with Crippen molar-refractivity contribution < 1.29 is 12.6 Å². The van der Waals surface area contributed by atoms with E-state index in [-0.39, 0.29) is 0 Å². The summed E-state index contributed by atoms with van der Waals surface area (Å²) in [6.45, 7) is -2.16. The summed E-state index contributed by atoms with van der Waals surface area (Å²) >= 11 is 0. The predicted octanol–water partition coefficient (Wildman–Crippen LogP) is -1.06. The van der Waals surface area contributed by atoms with E-state index in [1.807, 2.05) is 5.32 Å². The molecule has 0 atom stereocenters. The van der Waals surface area contributed by atoms with Crippen molar-refractivity contribution in [1.29, 1.82) is 5.41 Å². The Morgan fingerprint density at radius 1 is 2.00 bits per heavy atom. The monoisotopic (exact) mass is 133 g/mol. The molecule has 0 spiro atoms. The van der Waals surface area contributed by atoms with Gasteiger partial charge in [0.05, 0.1) is 6.42 Å². The highest BCUT2D eigenvalue weighted by molar-refractivity contribution is 5.75. The number of carboxylic acid groups (broad SMARTS) is 1. The number of rotatable bonds is 3. The molecule has 0 unspecified atom stereocenters. The van der Waals surface area contributed by atoms with Crippen molar-refractivity contribution in [3.05, 3.63) is 0 Å². The van der Waals surface area contributed by atoms with Crippen LogP contribution < -0.4 is 11.1 Å². The van der Waals surface area contributed by atoms with Gasteiger partial charge < -0.3 is 16.2 Å². The molecule has 0 aliphatic carbocycles. The SMILES string of the molecule is [2H]C([2H])(CC(=O)O)NC(=N)N. The zero-order valence-electron chi connectivity index (χ0n) is 6.64. The Balaban J connectivity index is 3.99. The van der Waals surface area contributed by atoms with Crippen LogP contribution in [0.3, 0.4) is 0 Å². The minimum atomic E-state index is -2.16. The van der Waals surface area contributed by atoms with Gasteiger partial charge in [-0.1, -0.05) is 0 Å². The highest BCUT2D eigenvalue weighted by Crippen LogP contribution is 1.72. The number of carboxylic acids is 1. The Kier molecular flexibility index (Phi) is 1.90. The molecule has 0 aromatic heterocycles. The van der Waals surface area contributed by atoms with Gasteiger partial charge in [0, 0.05) is 9.24 Å². The van der Waals surface area contributed by atoms with Crippen LogP contribution in [0.4, 0.5) is 0 Å². The summed E-state index contributed by atoms with van der Waals surface area (Å²) in [5.74, 6) is -1.88. The van der Waals surface area contributed by atoms with Gasteiger partial charge >= 0.3 is 5.97 Å². The molecule has 0 saturated carbocycles. The van der Waals surface area contributed by atoms with Gasteiger partial charge in [0.15, 0.2) is 5.96 Å². The van der Waals surface area contributed by atoms with E-state index < -0.39 is 24.8 Å². The summed E-state index contributed by atoms with van der Waals surface area (Å²) in [4.78, 5) is 10.0. The smallest absolute Gasteiger partial charge is 0.305 e. The first kappa shape index (κ1) is 4.60. The Morgan fingerprint density at radius 2 is 2.56 bits per heavy atom. The largest absolute Gasteiger partial charge is 0.481 e. The van der Waals surface area contributed by atoms with Crippen LogP contribution in [0.5, 0.6) is 0 Å². The van der Waals surface area contributed by atoms with Crippen molar-refractivity contribution in [3.63, 3.8) is 0 Å². The first-order valence-corrected chi connectivity index (χ1v) is 2.17. The molecule has 0 aromatic rings. The normalized spacial score (nSPS) is 13.3. The van der Waals surface area contributed by atoms with Crippen LogP contribution in [0.1, 0.15) is 9.16 Å². The third-order valence-electron chi connectivity index (χ3n) is 0.463. The van der Waals surface area contributed by atoms with E-state index in [1.165, 1.54) is 0 Å². The molecule has 0 radical (unpaired) electrons. The molecule has 0 fully saturated rings. The highest BCUT2D eigenvalue weighted by atomic mass is 16.4. The van der Waals surface area contributed by atoms with Crippen molar-refractivity contribution in [2.75, 3.05) is 6.50 Å². The average molecular weight is 133 g/mol. The summed E-state index contributed by atoms with van der Waals surface area (Å²) in [7, 11) is 0. The summed E-state index contributed by atoms with van der Waals surface area (Å²) in [5, 5.41) is 16.7. The Bertz CT molecular complexity index is 164. The second kappa shape index (κ2) is 3.71. The lowest BCUT2D eigenvalue weighted by atomic mass is 10.4. The van der Waals surface area contributed by atoms with Gasteiger partial charge in [-0.05, 0) is 0 Å². The van der Waals surface area contributed by atoms with E-state index in [1.54, 1.807) is 0 Å². The number of hydrogen-bond donors (Lipinski definition) is 4. The minimum absolute atomic E-state index is 0.587. The van der Waals surface area contributed by atoms with E-state index in [4.69, 9.17) is 19.0 Å². The molecule has 0 amide bonds. The lowest BCUT2D eigenvalue weighted by molar-refractivity contribution is -0.136. The van der Waals surface area contributed by atoms with Gasteiger partial charge in [0.1, 0.15) is 0 Å². The fourth-order valence-corrected chi connectivity index (χ4v) is 0.215. The first-order chi connectivity index (χ1) is 4.83. The quantitative estimate of drug-likeness (QED) is 0.291. The lowest BCUT2D eigenvalue weighted by Crippen LogP contribution is -2.31. The maximum atomic E-state index is 10.0. The van der Waals surface area contributed by atoms with Crippen LogP contribution in [0.2, 0.25) is 0 Å². The zero-order valence-corrected chi connectivity index (χ0v) is 4.64. The summed E-state index contributed by atoms with van der Waals surface area (Å²) < 4.78 is 13.9. The topological polar surface area (TPSA) is 99.2 Å². The summed E-state index contributed by atoms with van der Waals surface area (Å²) in [5.41, 5.74) is 4.79. The molecule has 5 N–H and O–H groups in total. The van der Waals surface area contributed by atoms with E-state index in [9.17, 15) is 4.79 Å². The molecule has 0 aliphatic rings. The van der Waals surface area contributed by atoms with Gasteiger partial charge in [0.25, 0.3) is 0 Å². The Hall–Kier alpha value is -1.26. The van der Waals surface area contributed by atoms with Crippen LogP contribution in [0.25, 0.3) is 0 Å². The van der Waals surface area contributed by atoms with Crippen molar-refractivity contribution in [2.24, 2.45) is 5.73 Å². The fourth-order valence-electron chi connectivity index (χ4n) is 0.215. The van der Waals surface area contributed by atoms with Gasteiger partial charge in [-0.25, -0.2) is 0 Å². The molecular weight excluding hydrogens is 122 g/mol. The molecule has 0 rings (SSSR count). The van der Waals surface area contributed by atoms with Gasteiger partial charge in [-0.3, -0.25) is 10.2 Å². The second-order valence-corrected chi connectivity index (χ2v) is 1.29. The van der Waals surface area contributed by atoms with E-state index in [2.05, 4.69) is 0 Å². The van der Waals surface area contributed by atoms with Crippen LogP contribution in [-0.4, -0.2) is 23.5 Å².